The van der Waals surface area contributed by atoms with Crippen LogP contribution in [0.5, 0.6) is 0 Å². The highest BCUT2D eigenvalue weighted by Gasteiger charge is 2.52. The molecule has 0 fully saturated rings. The molecular weight excluding hydrogens is 486 g/mol. The van der Waals surface area contributed by atoms with Crippen LogP contribution in [-0.2, 0) is 21.8 Å². The number of carbonyl (C=O) groups is 1. The van der Waals surface area contributed by atoms with Crippen molar-refractivity contribution in [3.05, 3.63) is 58.1 Å². The maximum atomic E-state index is 14.9. The van der Waals surface area contributed by atoms with Gasteiger partial charge in [-0.25, -0.2) is 22.2 Å². The SMILES string of the molecule is CC(C)Cc1cc(Cl)cnc1C(=O)Nc1ccc(F)c([C@]2(CF)CS(=O)(=O)C(C)(C)C(N)=N2)c1. The molecule has 1 amide bonds. The lowest BCUT2D eigenvalue weighted by atomic mass is 9.91. The molecule has 0 bridgehead atoms. The smallest absolute Gasteiger partial charge is 0.274 e. The number of aromatic nitrogens is 1. The largest absolute Gasteiger partial charge is 0.386 e. The van der Waals surface area contributed by atoms with Crippen molar-refractivity contribution in [2.24, 2.45) is 16.6 Å². The monoisotopic (exact) mass is 512 g/mol. The summed E-state index contributed by atoms with van der Waals surface area (Å²) in [5, 5.41) is 3.01. The lowest BCUT2D eigenvalue weighted by molar-refractivity contribution is 0.102. The number of carbonyl (C=O) groups excluding carboxylic acids is 1. The number of amidine groups is 1. The average molecular weight is 513 g/mol. The van der Waals surface area contributed by atoms with Gasteiger partial charge >= 0.3 is 0 Å². The molecule has 34 heavy (non-hydrogen) atoms. The number of sulfone groups is 1. The first-order chi connectivity index (χ1) is 15.7. The Balaban J connectivity index is 2.03. The number of hydrogen-bond acceptors (Lipinski definition) is 6. The van der Waals surface area contributed by atoms with Gasteiger partial charge in [0.15, 0.2) is 9.84 Å². The summed E-state index contributed by atoms with van der Waals surface area (Å²) >= 11 is 6.03. The second kappa shape index (κ2) is 9.22. The molecule has 0 radical (unpaired) electrons. The minimum atomic E-state index is -3.97. The Morgan fingerprint density at radius 1 is 1.29 bits per heavy atom. The molecule has 0 saturated heterocycles. The van der Waals surface area contributed by atoms with Crippen LogP contribution in [-0.4, -0.2) is 42.3 Å². The van der Waals surface area contributed by atoms with Crippen LogP contribution in [0, 0.1) is 11.7 Å². The molecule has 184 valence electrons. The van der Waals surface area contributed by atoms with Crippen LogP contribution in [0.1, 0.15) is 49.3 Å². The highest BCUT2D eigenvalue weighted by atomic mass is 35.5. The Kier molecular flexibility index (Phi) is 7.06. The van der Waals surface area contributed by atoms with Crippen LogP contribution in [0.25, 0.3) is 0 Å². The van der Waals surface area contributed by atoms with Crippen molar-refractivity contribution in [1.82, 2.24) is 4.98 Å². The number of nitrogens with two attached hydrogens (primary N) is 1. The van der Waals surface area contributed by atoms with Crippen LogP contribution in [0.3, 0.4) is 0 Å². The number of hydrogen-bond donors (Lipinski definition) is 2. The minimum Gasteiger partial charge on any atom is -0.386 e. The number of nitrogens with one attached hydrogen (secondary N) is 1. The third-order valence-electron chi connectivity index (χ3n) is 5.88. The first-order valence-corrected chi connectivity index (χ1v) is 12.7. The van der Waals surface area contributed by atoms with Gasteiger partial charge in [-0.05, 0) is 56.0 Å². The molecule has 3 N–H and O–H groups in total. The first kappa shape index (κ1) is 26.0. The number of alkyl halides is 1. The molecule has 1 aromatic heterocycles. The van der Waals surface area contributed by atoms with Gasteiger partial charge in [0, 0.05) is 17.4 Å². The molecule has 1 aliphatic rings. The van der Waals surface area contributed by atoms with Crippen LogP contribution in [0.2, 0.25) is 5.02 Å². The lowest BCUT2D eigenvalue weighted by Crippen LogP contribution is -2.56. The highest BCUT2D eigenvalue weighted by Crippen LogP contribution is 2.39. The van der Waals surface area contributed by atoms with Crippen LogP contribution in [0.4, 0.5) is 14.5 Å². The van der Waals surface area contributed by atoms with E-state index < -0.39 is 44.3 Å². The van der Waals surface area contributed by atoms with Crippen molar-refractivity contribution in [2.75, 3.05) is 17.7 Å². The molecule has 0 saturated carbocycles. The quantitative estimate of drug-likeness (QED) is 0.606. The van der Waals surface area contributed by atoms with E-state index in [-0.39, 0.29) is 28.7 Å². The predicted octanol–water partition coefficient (Wildman–Crippen LogP) is 4.05. The van der Waals surface area contributed by atoms with Crippen molar-refractivity contribution < 1.29 is 22.0 Å². The minimum absolute atomic E-state index is 0.123. The zero-order valence-electron chi connectivity index (χ0n) is 19.3. The second-order valence-electron chi connectivity index (χ2n) is 9.34. The zero-order valence-corrected chi connectivity index (χ0v) is 20.9. The third-order valence-corrected chi connectivity index (χ3v) is 8.71. The third kappa shape index (κ3) is 4.79. The number of pyridine rings is 1. The fraction of sp³-hybridized carbons (Fsp3) is 0.435. The van der Waals surface area contributed by atoms with Crippen molar-refractivity contribution in [2.45, 2.75) is 44.4 Å². The van der Waals surface area contributed by atoms with Crippen molar-refractivity contribution in [3.63, 3.8) is 0 Å². The summed E-state index contributed by atoms with van der Waals surface area (Å²) in [5.41, 5.74) is 4.41. The Morgan fingerprint density at radius 3 is 2.56 bits per heavy atom. The molecule has 2 aromatic rings. The number of aliphatic imine (C=N–C) groups is 1. The number of anilines is 1. The Hall–Kier alpha value is -2.59. The molecular formula is C23H27ClF2N4O3S. The Morgan fingerprint density at radius 2 is 1.97 bits per heavy atom. The summed E-state index contributed by atoms with van der Waals surface area (Å²) in [5.74, 6) is -2.29. The topological polar surface area (TPSA) is 115 Å². The van der Waals surface area contributed by atoms with Gasteiger partial charge in [0.05, 0.1) is 10.8 Å². The van der Waals surface area contributed by atoms with Crippen LogP contribution >= 0.6 is 11.6 Å². The molecule has 3 rings (SSSR count). The maximum Gasteiger partial charge on any atom is 0.274 e. The molecule has 1 atom stereocenters. The predicted molar refractivity (Wildman–Crippen MR) is 129 cm³/mol. The van der Waals surface area contributed by atoms with Crippen molar-refractivity contribution in [3.8, 4) is 0 Å². The molecule has 11 heteroatoms. The summed E-state index contributed by atoms with van der Waals surface area (Å²) in [6.07, 6.45) is 1.90. The van der Waals surface area contributed by atoms with Gasteiger partial charge in [-0.15, -0.1) is 0 Å². The van der Waals surface area contributed by atoms with E-state index in [1.165, 1.54) is 32.2 Å². The molecule has 7 nitrogen and oxygen atoms in total. The second-order valence-corrected chi connectivity index (χ2v) is 12.3. The fourth-order valence-electron chi connectivity index (χ4n) is 3.76. The number of rotatable bonds is 6. The standard InChI is InChI=1S/C23H27ClF2N4O3S/c1-13(2)7-14-8-15(24)10-28-19(14)20(31)29-16-5-6-18(26)17(9-16)23(11-25)12-34(32,33)22(3,4)21(27)30-23/h5-6,8-10,13H,7,11-12H2,1-4H3,(H2,27,30)(H,29,31)/t23-/m0/s1. The normalized spacial score (nSPS) is 21.2. The first-order valence-electron chi connectivity index (χ1n) is 10.6. The molecule has 1 aliphatic heterocycles. The lowest BCUT2D eigenvalue weighted by Gasteiger charge is -2.38. The number of amides is 1. The van der Waals surface area contributed by atoms with E-state index in [4.69, 9.17) is 17.3 Å². The van der Waals surface area contributed by atoms with E-state index in [0.717, 1.165) is 6.07 Å². The molecule has 1 aromatic carbocycles. The Labute approximate surface area is 202 Å². The van der Waals surface area contributed by atoms with Gasteiger partial charge in [0.25, 0.3) is 5.91 Å². The van der Waals surface area contributed by atoms with Gasteiger partial charge in [-0.2, -0.15) is 0 Å². The van der Waals surface area contributed by atoms with E-state index in [9.17, 15) is 22.0 Å². The van der Waals surface area contributed by atoms with Crippen LogP contribution in [0.15, 0.2) is 35.5 Å². The zero-order chi connectivity index (χ0) is 25.5. The van der Waals surface area contributed by atoms with Gasteiger partial charge in [0.2, 0.25) is 0 Å². The van der Waals surface area contributed by atoms with Gasteiger partial charge in [-0.3, -0.25) is 9.79 Å². The molecule has 0 aliphatic carbocycles. The maximum absolute atomic E-state index is 14.9. The number of nitrogens with zero attached hydrogens (tertiary/aromatic N) is 2. The van der Waals surface area contributed by atoms with E-state index in [1.807, 2.05) is 13.8 Å². The van der Waals surface area contributed by atoms with E-state index in [2.05, 4.69) is 15.3 Å². The van der Waals surface area contributed by atoms with E-state index in [1.54, 1.807) is 6.07 Å². The summed E-state index contributed by atoms with van der Waals surface area (Å²) in [6, 6.07) is 5.14. The van der Waals surface area contributed by atoms with Gasteiger partial charge < -0.3 is 11.1 Å². The summed E-state index contributed by atoms with van der Waals surface area (Å²) < 4.78 is 53.4. The molecule has 2 heterocycles. The van der Waals surface area contributed by atoms with Crippen LogP contribution < -0.4 is 11.1 Å². The summed E-state index contributed by atoms with van der Waals surface area (Å²) in [6.45, 7) is 5.40. The van der Waals surface area contributed by atoms with Crippen molar-refractivity contribution in [1.29, 1.82) is 0 Å². The fourth-order valence-corrected chi connectivity index (χ4v) is 5.59. The highest BCUT2D eigenvalue weighted by molar-refractivity contribution is 7.93. The van der Waals surface area contributed by atoms with E-state index in [0.29, 0.717) is 17.0 Å². The number of halogens is 3. The Bertz CT molecular complexity index is 1260. The van der Waals surface area contributed by atoms with Crippen molar-refractivity contribution >= 4 is 38.9 Å². The molecule has 0 spiro atoms. The number of benzene rings is 1. The summed E-state index contributed by atoms with van der Waals surface area (Å²) in [7, 11) is -3.97. The van der Waals surface area contributed by atoms with Gasteiger partial charge in [-0.1, -0.05) is 25.4 Å². The molecule has 0 unspecified atom stereocenters. The average Bonchev–Trinajstić information content (AvgIpc) is 2.73. The van der Waals surface area contributed by atoms with E-state index >= 15 is 0 Å². The van der Waals surface area contributed by atoms with Gasteiger partial charge in [0.1, 0.15) is 34.3 Å². The summed E-state index contributed by atoms with van der Waals surface area (Å²) in [4.78, 5) is 21.2.